The van der Waals surface area contributed by atoms with Crippen LogP contribution in [0.4, 0.5) is 15.3 Å². The van der Waals surface area contributed by atoms with Gasteiger partial charge in [0.25, 0.3) is 0 Å². The van der Waals surface area contributed by atoms with E-state index in [-0.39, 0.29) is 80.7 Å². The highest BCUT2D eigenvalue weighted by molar-refractivity contribution is 5.99. The number of carbonyl (C=O) groups is 11. The Morgan fingerprint density at radius 2 is 1.34 bits per heavy atom. The van der Waals surface area contributed by atoms with E-state index in [1.807, 2.05) is 33.8 Å². The minimum absolute atomic E-state index is 0.0757. The number of hydrogen-bond acceptors (Lipinski definition) is 15. The van der Waals surface area contributed by atoms with Crippen LogP contribution in [0.5, 0.6) is 0 Å². The van der Waals surface area contributed by atoms with Crippen molar-refractivity contribution in [1.82, 2.24) is 46.2 Å². The van der Waals surface area contributed by atoms with Gasteiger partial charge in [0, 0.05) is 72.6 Å². The van der Waals surface area contributed by atoms with Gasteiger partial charge in [-0.3, -0.25) is 43.3 Å². The first-order chi connectivity index (χ1) is 47.3. The number of nitrogens with one attached hydrogen (secondary N) is 6. The summed E-state index contributed by atoms with van der Waals surface area (Å²) >= 11 is 0. The number of nitrogens with two attached hydrogens (primary N) is 1. The first kappa shape index (κ1) is 84.2. The van der Waals surface area contributed by atoms with Crippen molar-refractivity contribution in [3.8, 4) is 0 Å². The maximum atomic E-state index is 14.8. The summed E-state index contributed by atoms with van der Waals surface area (Å²) in [6.07, 6.45) is 3.53. The van der Waals surface area contributed by atoms with Crippen LogP contribution in [0.2, 0.25) is 0 Å². The predicted molar refractivity (Wildman–Crippen MR) is 378 cm³/mol. The minimum Gasteiger partial charge on any atom is -0.480 e. The van der Waals surface area contributed by atoms with E-state index in [0.717, 1.165) is 24.0 Å². The summed E-state index contributed by atoms with van der Waals surface area (Å²) in [5.41, 5.74) is 7.60. The Balaban J connectivity index is 1.37. The Hall–Kier alpha value is -8.17. The van der Waals surface area contributed by atoms with Crippen LogP contribution in [0.25, 0.3) is 0 Å². The van der Waals surface area contributed by atoms with Crippen molar-refractivity contribution in [2.75, 3.05) is 53.3 Å². The molecule has 12 unspecified atom stereocenters. The van der Waals surface area contributed by atoms with Gasteiger partial charge in [-0.25, -0.2) is 14.4 Å². The fraction of sp³-hybridized carbons (Fsp3) is 0.658. The van der Waals surface area contributed by atoms with Crippen LogP contribution in [0.15, 0.2) is 66.2 Å². The molecule has 0 spiro atoms. The van der Waals surface area contributed by atoms with Crippen LogP contribution in [0.1, 0.15) is 164 Å². The second-order valence-corrected chi connectivity index (χ2v) is 27.6. The highest BCUT2D eigenvalue weighted by atomic mass is 16.6. The number of unbranched alkanes of at least 4 members (excludes halogenated alkanes) is 2. The molecule has 2 aliphatic rings. The van der Waals surface area contributed by atoms with Crippen molar-refractivity contribution in [1.29, 1.82) is 0 Å². The van der Waals surface area contributed by atoms with Crippen LogP contribution in [0.3, 0.4) is 0 Å². The molecule has 12 atom stereocenters. The molecule has 0 saturated carbocycles. The van der Waals surface area contributed by atoms with Crippen molar-refractivity contribution in [3.05, 3.63) is 77.4 Å². The second kappa shape index (κ2) is 41.5. The number of aliphatic hydroxyl groups is 1. The first-order valence-electron chi connectivity index (χ1n) is 35.5. The van der Waals surface area contributed by atoms with Crippen molar-refractivity contribution >= 4 is 71.0 Å². The lowest BCUT2D eigenvalue weighted by Gasteiger charge is -2.41. The Bertz CT molecular complexity index is 3060. The molecule has 2 aromatic carbocycles. The highest BCUT2D eigenvalue weighted by Gasteiger charge is 2.44. The van der Waals surface area contributed by atoms with Crippen LogP contribution >= 0.6 is 0 Å². The summed E-state index contributed by atoms with van der Waals surface area (Å²) < 4.78 is 17.7. The third-order valence-electron chi connectivity index (χ3n) is 19.4. The number of carboxylic acid groups (broad SMARTS) is 1. The Morgan fingerprint density at radius 1 is 0.700 bits per heavy atom. The van der Waals surface area contributed by atoms with Crippen molar-refractivity contribution in [3.63, 3.8) is 0 Å². The zero-order valence-corrected chi connectivity index (χ0v) is 61.5. The van der Waals surface area contributed by atoms with E-state index >= 15 is 0 Å². The number of carboxylic acids is 1. The summed E-state index contributed by atoms with van der Waals surface area (Å²) in [5.74, 6) is -7.03. The number of anilines is 1. The number of methoxy groups -OCH3 is 2. The quantitative estimate of drug-likeness (QED) is 0.0332. The monoisotopic (exact) mass is 1400 g/mol. The Labute approximate surface area is 590 Å². The molecular weight excluding hydrogens is 1290 g/mol. The Morgan fingerprint density at radius 3 is 1.91 bits per heavy atom. The number of nitrogens with zero attached hydrogens (tertiary/aromatic N) is 4. The average molecular weight is 1400 g/mol. The molecule has 0 aliphatic carbocycles. The number of likely N-dealkylation sites (N-methyl/N-ethyl adjacent to an activating group) is 2. The van der Waals surface area contributed by atoms with Gasteiger partial charge in [0.05, 0.1) is 36.6 Å². The molecule has 0 aromatic heterocycles. The molecule has 4 rings (SSSR count). The van der Waals surface area contributed by atoms with E-state index in [1.165, 1.54) is 42.0 Å². The van der Waals surface area contributed by atoms with Gasteiger partial charge in [0.15, 0.2) is 6.23 Å². The number of aliphatic carboxylic acids is 1. The third kappa shape index (κ3) is 24.6. The van der Waals surface area contributed by atoms with Gasteiger partial charge in [-0.1, -0.05) is 131 Å². The zero-order chi connectivity index (χ0) is 74.7. The van der Waals surface area contributed by atoms with E-state index in [4.69, 9.17) is 19.9 Å². The van der Waals surface area contributed by atoms with E-state index in [0.29, 0.717) is 62.9 Å². The lowest BCUT2D eigenvalue weighted by molar-refractivity contribution is -0.148. The normalized spacial score (nSPS) is 17.6. The number of primary amides is 1. The average Bonchev–Trinajstić information content (AvgIpc) is 1.36. The van der Waals surface area contributed by atoms with Crippen molar-refractivity contribution in [2.45, 2.75) is 227 Å². The number of hydrogen-bond donors (Lipinski definition) is 9. The van der Waals surface area contributed by atoms with Crippen LogP contribution in [-0.2, 0) is 70.4 Å². The molecule has 0 radical (unpaired) electrons. The molecule has 2 aromatic rings. The summed E-state index contributed by atoms with van der Waals surface area (Å²) in [6, 6.07) is 7.92. The maximum Gasteiger partial charge on any atom is 0.410 e. The molecule has 1 fully saturated rings. The topological polar surface area (TPSA) is 367 Å². The molecule has 1 saturated heterocycles. The van der Waals surface area contributed by atoms with E-state index in [2.05, 4.69) is 31.9 Å². The van der Waals surface area contributed by atoms with Crippen molar-refractivity contribution < 1.29 is 77.2 Å². The first-order valence-corrected chi connectivity index (χ1v) is 35.5. The lowest BCUT2D eigenvalue weighted by Crippen LogP contribution is -2.60. The SMILES string of the molecule is CCC(CC)C1=CC(=O)N(CCCCCC(=O)NC(C(=O)NC(CCCNC(N)=O)C(=O)Nc2ccc(COC(=O)N(C)C(C(=O)NC(C(=O)N(C)C(C(C)CC)C(CC(=O)N3CCCC3C(OC)C(C)C(=O)NC(Cc3ccccc3)C(=O)O)OC)C(C)C)C(C)C)cc2)C(C)C)C1O. The number of likely N-dealkylation sites (tertiary alicyclic amines) is 1. The summed E-state index contributed by atoms with van der Waals surface area (Å²) in [5, 5.41) is 37.3. The van der Waals surface area contributed by atoms with Gasteiger partial charge in [0.1, 0.15) is 36.8 Å². The summed E-state index contributed by atoms with van der Waals surface area (Å²) in [4.78, 5) is 154. The number of urea groups is 1. The molecule has 27 heteroatoms. The number of rotatable bonds is 42. The number of benzene rings is 2. The molecule has 2 heterocycles. The molecule has 0 bridgehead atoms. The van der Waals surface area contributed by atoms with E-state index in [9.17, 15) is 63.0 Å². The van der Waals surface area contributed by atoms with E-state index < -0.39 is 126 Å². The van der Waals surface area contributed by atoms with Crippen molar-refractivity contribution in [2.24, 2.45) is 41.2 Å². The number of ether oxygens (including phenoxy) is 3. The molecule has 11 amide bonds. The smallest absolute Gasteiger partial charge is 0.410 e. The van der Waals surface area contributed by atoms with Crippen LogP contribution < -0.4 is 37.6 Å². The van der Waals surface area contributed by atoms with E-state index in [1.54, 1.807) is 109 Å². The summed E-state index contributed by atoms with van der Waals surface area (Å²) in [7, 11) is 5.98. The minimum atomic E-state index is -1.19. The highest BCUT2D eigenvalue weighted by Crippen LogP contribution is 2.32. The van der Waals surface area contributed by atoms with Gasteiger partial charge in [-0.2, -0.15) is 0 Å². The summed E-state index contributed by atoms with van der Waals surface area (Å²) in [6.45, 7) is 20.8. The molecule has 27 nitrogen and oxygen atoms in total. The van der Waals surface area contributed by atoms with Gasteiger partial charge in [0.2, 0.25) is 47.3 Å². The molecule has 2 aliphatic heterocycles. The van der Waals surface area contributed by atoms with Crippen LogP contribution in [-0.4, -0.2) is 204 Å². The van der Waals surface area contributed by atoms with Gasteiger partial charge in [-0.15, -0.1) is 0 Å². The molecule has 100 heavy (non-hydrogen) atoms. The largest absolute Gasteiger partial charge is 0.480 e. The zero-order valence-electron chi connectivity index (χ0n) is 61.5. The standard InChI is InChI=1S/C73H115N11O16/c1-16-46(10)63(56(98-14)41-59(87)83-38-26-30-55(83)64(99-15)47(11)65(88)78-54(71(94)95)39-48-27-21-19-22-28-48)81(12)70(93)61(44(6)7)80-68(91)62(45(8)9)82(13)73(97)100-42-49-32-34-51(35-33-49)76-66(89)53(29-25-36-75-72(74)96)77-67(90)60(43(4)5)79-57(85)31-23-20-24-37-84-58(86)40-52(69(84)92)50(17-2)18-3/h19,21-22,27-28,32-35,40,43-47,50,53-56,60-64,69,92H,16-18,20,23-26,29-31,36-39,41-42H2,1-15H3,(H,76,89)(H,77,90)(H,78,88)(H,79,85)(H,80,91)(H,94,95)(H3,74,75,96). The molecule has 558 valence electrons. The van der Waals surface area contributed by atoms with Crippen LogP contribution in [0, 0.1) is 35.5 Å². The lowest BCUT2D eigenvalue weighted by atomic mass is 9.89. The predicted octanol–water partition coefficient (Wildman–Crippen LogP) is 6.25. The number of aliphatic hydroxyl groups excluding tert-OH is 1. The second-order valence-electron chi connectivity index (χ2n) is 27.6. The maximum absolute atomic E-state index is 14.8. The number of carbonyl (C=O) groups excluding carboxylic acids is 10. The van der Waals surface area contributed by atoms with Gasteiger partial charge in [-0.05, 0) is 110 Å². The van der Waals surface area contributed by atoms with Gasteiger partial charge < -0.3 is 76.8 Å². The Kier molecular flexibility index (Phi) is 35.0. The third-order valence-corrected chi connectivity index (χ3v) is 19.4. The molecular formula is C73H115N11O16. The fourth-order valence-electron chi connectivity index (χ4n) is 13.3. The fourth-order valence-corrected chi connectivity index (χ4v) is 13.3. The molecule has 10 N–H and O–H groups in total. The number of amides is 11. The van der Waals surface area contributed by atoms with Gasteiger partial charge >= 0.3 is 18.1 Å².